The van der Waals surface area contributed by atoms with Crippen molar-refractivity contribution in [1.29, 1.82) is 5.26 Å². The fourth-order valence-corrected chi connectivity index (χ4v) is 1.68. The van der Waals surface area contributed by atoms with Crippen molar-refractivity contribution in [1.82, 2.24) is 9.97 Å². The molecular weight excluding hydrogens is 226 g/mol. The van der Waals surface area contributed by atoms with E-state index in [0.717, 1.165) is 5.69 Å². The molecule has 0 spiro atoms. The molecule has 5 nitrogen and oxygen atoms in total. The Balaban J connectivity index is 2.38. The zero-order valence-electron chi connectivity index (χ0n) is 9.82. The molecule has 2 N–H and O–H groups in total. The summed E-state index contributed by atoms with van der Waals surface area (Å²) in [5, 5.41) is 8.73. The molecule has 5 heteroatoms. The Labute approximate surface area is 106 Å². The lowest BCUT2D eigenvalue weighted by Gasteiger charge is -2.23. The predicted molar refractivity (Wildman–Crippen MR) is 70.1 cm³/mol. The van der Waals surface area contributed by atoms with Crippen molar-refractivity contribution in [2.24, 2.45) is 0 Å². The van der Waals surface area contributed by atoms with Crippen LogP contribution in [0.4, 0.5) is 17.3 Å². The van der Waals surface area contributed by atoms with Crippen molar-refractivity contribution in [2.45, 2.75) is 6.42 Å². The van der Waals surface area contributed by atoms with Gasteiger partial charge in [-0.25, -0.2) is 9.97 Å². The van der Waals surface area contributed by atoms with Crippen molar-refractivity contribution >= 4 is 17.3 Å². The minimum atomic E-state index is 0.360. The van der Waals surface area contributed by atoms with E-state index in [9.17, 15) is 0 Å². The molecule has 0 aliphatic carbocycles. The van der Waals surface area contributed by atoms with E-state index in [-0.39, 0.29) is 0 Å². The monoisotopic (exact) mass is 239 g/mol. The van der Waals surface area contributed by atoms with Gasteiger partial charge in [-0.3, -0.25) is 0 Å². The van der Waals surface area contributed by atoms with Crippen LogP contribution in [0.1, 0.15) is 6.42 Å². The first-order chi connectivity index (χ1) is 8.83. The van der Waals surface area contributed by atoms with Crippen LogP contribution in [0, 0.1) is 11.3 Å². The van der Waals surface area contributed by atoms with Crippen LogP contribution in [0.5, 0.6) is 0 Å². The molecule has 0 atom stereocenters. The van der Waals surface area contributed by atoms with E-state index in [1.165, 1.54) is 0 Å². The SMILES string of the molecule is N#CCCN(c1ccccc1)c1nccnc1N. The summed E-state index contributed by atoms with van der Waals surface area (Å²) in [6.45, 7) is 0.531. The van der Waals surface area contributed by atoms with Crippen molar-refractivity contribution in [3.63, 3.8) is 0 Å². The van der Waals surface area contributed by atoms with E-state index in [1.54, 1.807) is 12.4 Å². The molecule has 0 unspecified atom stereocenters. The van der Waals surface area contributed by atoms with Crippen LogP contribution < -0.4 is 10.6 Å². The van der Waals surface area contributed by atoms with Crippen molar-refractivity contribution < 1.29 is 0 Å². The number of nitrogen functional groups attached to an aromatic ring is 1. The molecule has 0 fully saturated rings. The topological polar surface area (TPSA) is 78.8 Å². The number of nitrogens with zero attached hydrogens (tertiary/aromatic N) is 4. The Hall–Kier alpha value is -2.61. The van der Waals surface area contributed by atoms with Crippen LogP contribution in [0.15, 0.2) is 42.7 Å². The van der Waals surface area contributed by atoms with E-state index in [1.807, 2.05) is 35.2 Å². The molecule has 0 aliphatic rings. The smallest absolute Gasteiger partial charge is 0.176 e. The van der Waals surface area contributed by atoms with Gasteiger partial charge in [-0.1, -0.05) is 18.2 Å². The fourth-order valence-electron chi connectivity index (χ4n) is 1.68. The highest BCUT2D eigenvalue weighted by Crippen LogP contribution is 2.26. The second-order valence-electron chi connectivity index (χ2n) is 3.66. The molecule has 0 radical (unpaired) electrons. The highest BCUT2D eigenvalue weighted by atomic mass is 15.2. The summed E-state index contributed by atoms with van der Waals surface area (Å²) < 4.78 is 0. The number of para-hydroxylation sites is 1. The Morgan fingerprint density at radius 3 is 2.56 bits per heavy atom. The Morgan fingerprint density at radius 2 is 1.89 bits per heavy atom. The second-order valence-corrected chi connectivity index (χ2v) is 3.66. The molecule has 2 aromatic rings. The minimum absolute atomic E-state index is 0.360. The maximum Gasteiger partial charge on any atom is 0.176 e. The van der Waals surface area contributed by atoms with Gasteiger partial charge in [-0.05, 0) is 12.1 Å². The molecule has 90 valence electrons. The first kappa shape index (κ1) is 11.9. The molecule has 0 saturated carbocycles. The number of hydrogen-bond donors (Lipinski definition) is 1. The van der Waals surface area contributed by atoms with Gasteiger partial charge in [0, 0.05) is 24.6 Å². The third kappa shape index (κ3) is 2.55. The van der Waals surface area contributed by atoms with Crippen LogP contribution in [-0.2, 0) is 0 Å². The number of aromatic nitrogens is 2. The van der Waals surface area contributed by atoms with Gasteiger partial charge in [0.05, 0.1) is 12.5 Å². The zero-order chi connectivity index (χ0) is 12.8. The number of rotatable bonds is 4. The van der Waals surface area contributed by atoms with Crippen molar-refractivity contribution in [3.8, 4) is 6.07 Å². The Kier molecular flexibility index (Phi) is 3.72. The quantitative estimate of drug-likeness (QED) is 0.883. The van der Waals surface area contributed by atoms with E-state index in [0.29, 0.717) is 24.6 Å². The summed E-state index contributed by atoms with van der Waals surface area (Å²) in [5.41, 5.74) is 6.78. The Morgan fingerprint density at radius 1 is 1.17 bits per heavy atom. The number of nitriles is 1. The summed E-state index contributed by atoms with van der Waals surface area (Å²) in [6.07, 6.45) is 3.53. The minimum Gasteiger partial charge on any atom is -0.381 e. The molecule has 1 aromatic carbocycles. The number of hydrogen-bond acceptors (Lipinski definition) is 5. The average molecular weight is 239 g/mol. The van der Waals surface area contributed by atoms with Crippen LogP contribution in [0.25, 0.3) is 0 Å². The van der Waals surface area contributed by atoms with Gasteiger partial charge in [-0.15, -0.1) is 0 Å². The maximum atomic E-state index is 8.73. The van der Waals surface area contributed by atoms with Crippen LogP contribution >= 0.6 is 0 Å². The summed E-state index contributed by atoms with van der Waals surface area (Å²) in [6, 6.07) is 11.8. The predicted octanol–water partition coefficient (Wildman–Crippen LogP) is 2.11. The molecule has 1 aromatic heterocycles. The largest absolute Gasteiger partial charge is 0.381 e. The summed E-state index contributed by atoms with van der Waals surface area (Å²) in [4.78, 5) is 10.2. The van der Waals surface area contributed by atoms with Crippen molar-refractivity contribution in [3.05, 3.63) is 42.7 Å². The third-order valence-electron chi connectivity index (χ3n) is 2.48. The van der Waals surface area contributed by atoms with E-state index in [4.69, 9.17) is 11.0 Å². The molecule has 0 aliphatic heterocycles. The number of nitrogens with two attached hydrogens (primary N) is 1. The number of anilines is 3. The fraction of sp³-hybridized carbons (Fsp3) is 0.154. The van der Waals surface area contributed by atoms with Gasteiger partial charge < -0.3 is 10.6 Å². The highest BCUT2D eigenvalue weighted by Gasteiger charge is 2.13. The lowest BCUT2D eigenvalue weighted by molar-refractivity contribution is 0.922. The van der Waals surface area contributed by atoms with Gasteiger partial charge in [0.2, 0.25) is 0 Å². The van der Waals surface area contributed by atoms with Gasteiger partial charge in [0.15, 0.2) is 11.6 Å². The van der Waals surface area contributed by atoms with Crippen molar-refractivity contribution in [2.75, 3.05) is 17.2 Å². The lowest BCUT2D eigenvalue weighted by Crippen LogP contribution is -2.21. The molecule has 0 saturated heterocycles. The highest BCUT2D eigenvalue weighted by molar-refractivity contribution is 5.68. The molecule has 0 bridgehead atoms. The van der Waals surface area contributed by atoms with E-state index >= 15 is 0 Å². The third-order valence-corrected chi connectivity index (χ3v) is 2.48. The second kappa shape index (κ2) is 5.64. The summed E-state index contributed by atoms with van der Waals surface area (Å²) in [7, 11) is 0. The maximum absolute atomic E-state index is 8.73. The summed E-state index contributed by atoms with van der Waals surface area (Å²) in [5.74, 6) is 0.943. The van der Waals surface area contributed by atoms with E-state index in [2.05, 4.69) is 16.0 Å². The standard InChI is InChI=1S/C13H13N5/c14-7-4-10-18(11-5-2-1-3-6-11)13-12(15)16-8-9-17-13/h1-3,5-6,8-9H,4,10H2,(H2,15,16). The van der Waals surface area contributed by atoms with Gasteiger partial charge in [0.25, 0.3) is 0 Å². The van der Waals surface area contributed by atoms with Gasteiger partial charge in [-0.2, -0.15) is 5.26 Å². The van der Waals surface area contributed by atoms with Crippen LogP contribution in [-0.4, -0.2) is 16.5 Å². The lowest BCUT2D eigenvalue weighted by atomic mass is 10.2. The summed E-state index contributed by atoms with van der Waals surface area (Å²) >= 11 is 0. The Bertz CT molecular complexity index is 547. The first-order valence-electron chi connectivity index (χ1n) is 5.59. The van der Waals surface area contributed by atoms with E-state index < -0.39 is 0 Å². The average Bonchev–Trinajstić information content (AvgIpc) is 2.42. The molecule has 0 amide bonds. The normalized spacial score (nSPS) is 9.72. The molecular formula is C13H13N5. The van der Waals surface area contributed by atoms with Gasteiger partial charge in [0.1, 0.15) is 0 Å². The number of benzene rings is 1. The molecule has 1 heterocycles. The zero-order valence-corrected chi connectivity index (χ0v) is 9.82. The molecule has 18 heavy (non-hydrogen) atoms. The molecule has 2 rings (SSSR count). The van der Waals surface area contributed by atoms with Crippen LogP contribution in [0.3, 0.4) is 0 Å². The van der Waals surface area contributed by atoms with Crippen LogP contribution in [0.2, 0.25) is 0 Å². The first-order valence-corrected chi connectivity index (χ1v) is 5.59. The van der Waals surface area contributed by atoms with Gasteiger partial charge >= 0.3 is 0 Å².